The number of amides is 4. The highest BCUT2D eigenvalue weighted by Gasteiger charge is 2.27. The van der Waals surface area contributed by atoms with E-state index in [2.05, 4.69) is 22.8 Å². The summed E-state index contributed by atoms with van der Waals surface area (Å²) >= 11 is 1.37. The molecule has 0 saturated carbocycles. The third-order valence-corrected chi connectivity index (χ3v) is 5.64. The minimum Gasteiger partial charge on any atom is -0.351 e. The molecular formula is C19H23N5O3S. The van der Waals surface area contributed by atoms with E-state index in [0.717, 1.165) is 17.0 Å². The molecule has 2 heterocycles. The lowest BCUT2D eigenvalue weighted by atomic mass is 9.98. The van der Waals surface area contributed by atoms with Crippen LogP contribution in [0, 0.1) is 5.92 Å². The highest BCUT2D eigenvalue weighted by molar-refractivity contribution is 7.13. The molecule has 1 aliphatic rings. The van der Waals surface area contributed by atoms with E-state index in [-0.39, 0.29) is 18.1 Å². The average Bonchev–Trinajstić information content (AvgIpc) is 3.22. The number of piperidine rings is 1. The van der Waals surface area contributed by atoms with Crippen molar-refractivity contribution >= 4 is 29.2 Å². The number of carbonyl (C=O) groups excluding carboxylic acids is 3. The molecule has 1 fully saturated rings. The molecule has 0 radical (unpaired) electrons. The van der Waals surface area contributed by atoms with Crippen LogP contribution in [0.25, 0.3) is 10.6 Å². The second-order valence-electron chi connectivity index (χ2n) is 6.66. The minimum absolute atomic E-state index is 0.238. The van der Waals surface area contributed by atoms with Gasteiger partial charge in [0.25, 0.3) is 5.91 Å². The third-order valence-electron chi connectivity index (χ3n) is 4.75. The number of nitrogens with zero attached hydrogens (tertiary/aromatic N) is 2. The van der Waals surface area contributed by atoms with Crippen molar-refractivity contribution in [1.82, 2.24) is 20.7 Å². The maximum atomic E-state index is 12.3. The van der Waals surface area contributed by atoms with Gasteiger partial charge in [0.2, 0.25) is 5.91 Å². The number of hydrogen-bond donors (Lipinski definition) is 3. The predicted octanol–water partition coefficient (Wildman–Crippen LogP) is 1.92. The van der Waals surface area contributed by atoms with Crippen molar-refractivity contribution in [2.45, 2.75) is 26.2 Å². The van der Waals surface area contributed by atoms with Gasteiger partial charge in [-0.05, 0) is 24.8 Å². The molecule has 4 amide bonds. The lowest BCUT2D eigenvalue weighted by Gasteiger charge is -2.30. The van der Waals surface area contributed by atoms with Crippen molar-refractivity contribution < 1.29 is 14.4 Å². The van der Waals surface area contributed by atoms with E-state index < -0.39 is 17.9 Å². The van der Waals surface area contributed by atoms with Crippen LogP contribution in [0.4, 0.5) is 4.79 Å². The monoisotopic (exact) mass is 401 g/mol. The molecule has 9 heteroatoms. The maximum Gasteiger partial charge on any atom is 0.314 e. The number of hydrazine groups is 1. The zero-order chi connectivity index (χ0) is 20.1. The van der Waals surface area contributed by atoms with Crippen molar-refractivity contribution in [3.63, 3.8) is 0 Å². The second-order valence-corrected chi connectivity index (χ2v) is 7.51. The SMILES string of the molecule is CCc1ccc(-c2nc(C(=O)NNC(=O)[C@H]3CCCN(C(N)=O)C3)cs2)cc1. The number of urea groups is 1. The number of nitrogens with two attached hydrogens (primary N) is 1. The molecule has 4 N–H and O–H groups in total. The van der Waals surface area contributed by atoms with Crippen LogP contribution < -0.4 is 16.6 Å². The van der Waals surface area contributed by atoms with Gasteiger partial charge >= 0.3 is 6.03 Å². The first-order valence-electron chi connectivity index (χ1n) is 9.17. The van der Waals surface area contributed by atoms with Crippen LogP contribution in [-0.2, 0) is 11.2 Å². The van der Waals surface area contributed by atoms with Crippen molar-refractivity contribution in [3.05, 3.63) is 40.9 Å². The molecular weight excluding hydrogens is 378 g/mol. The molecule has 1 aliphatic heterocycles. The molecule has 0 spiro atoms. The second kappa shape index (κ2) is 8.83. The van der Waals surface area contributed by atoms with Gasteiger partial charge in [-0.2, -0.15) is 0 Å². The molecule has 1 atom stereocenters. The Morgan fingerprint density at radius 2 is 2.00 bits per heavy atom. The van der Waals surface area contributed by atoms with Crippen LogP contribution >= 0.6 is 11.3 Å². The molecule has 2 aromatic rings. The Morgan fingerprint density at radius 1 is 1.25 bits per heavy atom. The summed E-state index contributed by atoms with van der Waals surface area (Å²) in [4.78, 5) is 41.6. The smallest absolute Gasteiger partial charge is 0.314 e. The summed E-state index contributed by atoms with van der Waals surface area (Å²) in [5.41, 5.74) is 12.5. The predicted molar refractivity (Wildman–Crippen MR) is 106 cm³/mol. The van der Waals surface area contributed by atoms with E-state index in [1.54, 1.807) is 5.38 Å². The standard InChI is InChI=1S/C19H23N5O3S/c1-2-12-5-7-13(8-6-12)18-21-15(11-28-18)17(26)23-22-16(25)14-4-3-9-24(10-14)19(20)27/h5-8,11,14H,2-4,9-10H2,1H3,(H2,20,27)(H,22,25)(H,23,26)/t14-/m0/s1. The number of nitrogens with one attached hydrogen (secondary N) is 2. The molecule has 148 valence electrons. The normalized spacial score (nSPS) is 16.5. The highest BCUT2D eigenvalue weighted by Crippen LogP contribution is 2.24. The van der Waals surface area contributed by atoms with Gasteiger partial charge in [-0.15, -0.1) is 11.3 Å². The summed E-state index contributed by atoms with van der Waals surface area (Å²) < 4.78 is 0. The number of primary amides is 1. The number of rotatable bonds is 4. The maximum absolute atomic E-state index is 12.3. The van der Waals surface area contributed by atoms with Gasteiger partial charge in [0.15, 0.2) is 0 Å². The summed E-state index contributed by atoms with van der Waals surface area (Å²) in [5.74, 6) is -1.22. The van der Waals surface area contributed by atoms with Gasteiger partial charge in [-0.1, -0.05) is 31.2 Å². The Balaban J connectivity index is 1.55. The molecule has 1 aromatic heterocycles. The average molecular weight is 401 g/mol. The van der Waals surface area contributed by atoms with Crippen molar-refractivity contribution in [2.24, 2.45) is 11.7 Å². The fourth-order valence-electron chi connectivity index (χ4n) is 3.07. The summed E-state index contributed by atoms with van der Waals surface area (Å²) in [5, 5.41) is 2.39. The van der Waals surface area contributed by atoms with E-state index in [4.69, 9.17) is 5.73 Å². The van der Waals surface area contributed by atoms with Crippen LogP contribution in [0.5, 0.6) is 0 Å². The summed E-state index contributed by atoms with van der Waals surface area (Å²) in [7, 11) is 0. The molecule has 1 aromatic carbocycles. The first kappa shape index (κ1) is 19.8. The van der Waals surface area contributed by atoms with E-state index in [1.165, 1.54) is 21.8 Å². The van der Waals surface area contributed by atoms with Crippen LogP contribution in [0.1, 0.15) is 35.8 Å². The van der Waals surface area contributed by atoms with E-state index in [9.17, 15) is 14.4 Å². The van der Waals surface area contributed by atoms with Gasteiger partial charge in [-0.3, -0.25) is 20.4 Å². The Bertz CT molecular complexity index is 865. The lowest BCUT2D eigenvalue weighted by Crippen LogP contribution is -2.51. The fourth-order valence-corrected chi connectivity index (χ4v) is 3.88. The summed E-state index contributed by atoms with van der Waals surface area (Å²) in [6.45, 7) is 2.89. The Labute approximate surface area is 167 Å². The molecule has 28 heavy (non-hydrogen) atoms. The molecule has 0 bridgehead atoms. The fraction of sp³-hybridized carbons (Fsp3) is 0.368. The van der Waals surface area contributed by atoms with Crippen molar-refractivity contribution in [3.8, 4) is 10.6 Å². The largest absolute Gasteiger partial charge is 0.351 e. The van der Waals surface area contributed by atoms with Crippen molar-refractivity contribution in [2.75, 3.05) is 13.1 Å². The van der Waals surface area contributed by atoms with Gasteiger partial charge in [0.1, 0.15) is 10.7 Å². The number of thiazole rings is 1. The molecule has 8 nitrogen and oxygen atoms in total. The number of likely N-dealkylation sites (tertiary alicyclic amines) is 1. The third kappa shape index (κ3) is 4.66. The van der Waals surface area contributed by atoms with E-state index in [0.29, 0.717) is 19.4 Å². The van der Waals surface area contributed by atoms with Crippen LogP contribution in [0.3, 0.4) is 0 Å². The molecule has 1 saturated heterocycles. The zero-order valence-corrected chi connectivity index (χ0v) is 16.4. The highest BCUT2D eigenvalue weighted by atomic mass is 32.1. The van der Waals surface area contributed by atoms with Gasteiger partial charge in [0, 0.05) is 24.0 Å². The number of hydrogen-bond acceptors (Lipinski definition) is 5. The van der Waals surface area contributed by atoms with Crippen molar-refractivity contribution in [1.29, 1.82) is 0 Å². The number of aromatic nitrogens is 1. The number of aryl methyl sites for hydroxylation is 1. The molecule has 0 unspecified atom stereocenters. The first-order valence-corrected chi connectivity index (χ1v) is 10.0. The quantitative estimate of drug-likeness (QED) is 0.679. The van der Waals surface area contributed by atoms with Gasteiger partial charge < -0.3 is 10.6 Å². The Morgan fingerprint density at radius 3 is 2.68 bits per heavy atom. The van der Waals surface area contributed by atoms with Gasteiger partial charge in [-0.25, -0.2) is 9.78 Å². The number of benzene rings is 1. The Hall–Kier alpha value is -2.94. The first-order chi connectivity index (χ1) is 13.5. The molecule has 3 rings (SSSR count). The van der Waals surface area contributed by atoms with E-state index >= 15 is 0 Å². The van der Waals surface area contributed by atoms with Crippen LogP contribution in [-0.4, -0.2) is 40.8 Å². The summed E-state index contributed by atoms with van der Waals surface area (Å²) in [6, 6.07) is 7.50. The number of carbonyl (C=O) groups is 3. The zero-order valence-electron chi connectivity index (χ0n) is 15.6. The van der Waals surface area contributed by atoms with Gasteiger partial charge in [0.05, 0.1) is 5.92 Å². The lowest BCUT2D eigenvalue weighted by molar-refractivity contribution is -0.127. The van der Waals surface area contributed by atoms with Crippen LogP contribution in [0.2, 0.25) is 0 Å². The Kier molecular flexibility index (Phi) is 6.25. The van der Waals surface area contributed by atoms with Crippen LogP contribution in [0.15, 0.2) is 29.6 Å². The summed E-state index contributed by atoms with van der Waals surface area (Å²) in [6.07, 6.45) is 2.30. The minimum atomic E-state index is -0.538. The van der Waals surface area contributed by atoms with E-state index in [1.807, 2.05) is 24.3 Å². The topological polar surface area (TPSA) is 117 Å². The molecule has 0 aliphatic carbocycles.